The molecular weight excluding hydrogens is 364 g/mol. The maximum Gasteiger partial charge on any atom is 0.251 e. The van der Waals surface area contributed by atoms with Gasteiger partial charge in [-0.15, -0.1) is 0 Å². The lowest BCUT2D eigenvalue weighted by atomic mass is 9.74. The van der Waals surface area contributed by atoms with E-state index in [9.17, 15) is 9.59 Å². The van der Waals surface area contributed by atoms with Crippen LogP contribution in [0.3, 0.4) is 0 Å². The molecule has 1 aliphatic heterocycles. The Balaban J connectivity index is 1.50. The number of carbonyl (C=O) groups is 2. The van der Waals surface area contributed by atoms with Gasteiger partial charge in [0, 0.05) is 30.7 Å². The highest BCUT2D eigenvalue weighted by Crippen LogP contribution is 2.51. The van der Waals surface area contributed by atoms with Crippen molar-refractivity contribution in [3.63, 3.8) is 0 Å². The summed E-state index contributed by atoms with van der Waals surface area (Å²) in [6.45, 7) is 5.33. The summed E-state index contributed by atoms with van der Waals surface area (Å²) in [6, 6.07) is 15.8. The van der Waals surface area contributed by atoms with Crippen LogP contribution in [0.15, 0.2) is 61.2 Å². The summed E-state index contributed by atoms with van der Waals surface area (Å²) < 4.78 is 5.61. The van der Waals surface area contributed by atoms with E-state index in [2.05, 4.69) is 35.4 Å². The monoisotopic (exact) mass is 390 g/mol. The normalized spacial score (nSPS) is 19.4. The number of hydrogen-bond donors (Lipinski definition) is 2. The van der Waals surface area contributed by atoms with Crippen molar-refractivity contribution in [1.82, 2.24) is 10.6 Å². The number of hydrogen-bond acceptors (Lipinski definition) is 3. The van der Waals surface area contributed by atoms with Gasteiger partial charge in [-0.05, 0) is 54.2 Å². The summed E-state index contributed by atoms with van der Waals surface area (Å²) in [6.07, 6.45) is 4.13. The average Bonchev–Trinajstić information content (AvgIpc) is 3.05. The van der Waals surface area contributed by atoms with Crippen LogP contribution in [-0.2, 0) is 22.5 Å². The summed E-state index contributed by atoms with van der Waals surface area (Å²) in [5.41, 5.74) is 4.14. The smallest absolute Gasteiger partial charge is 0.251 e. The lowest BCUT2D eigenvalue weighted by Gasteiger charge is -2.39. The number of ether oxygens (including phenoxy) is 1. The number of rotatable bonds is 5. The molecule has 1 unspecified atom stereocenters. The summed E-state index contributed by atoms with van der Waals surface area (Å²) >= 11 is 0. The Morgan fingerprint density at radius 3 is 2.55 bits per heavy atom. The van der Waals surface area contributed by atoms with E-state index in [1.165, 1.54) is 17.2 Å². The zero-order chi connectivity index (χ0) is 20.3. The van der Waals surface area contributed by atoms with E-state index in [4.69, 9.17) is 4.74 Å². The number of amides is 2. The molecule has 2 N–H and O–H groups in total. The van der Waals surface area contributed by atoms with Crippen LogP contribution in [0.2, 0.25) is 0 Å². The van der Waals surface area contributed by atoms with Gasteiger partial charge in [-0.1, -0.05) is 43.0 Å². The van der Waals surface area contributed by atoms with Crippen molar-refractivity contribution in [1.29, 1.82) is 0 Å². The molecule has 2 amide bonds. The van der Waals surface area contributed by atoms with Crippen LogP contribution in [0.4, 0.5) is 0 Å². The first-order valence-electron chi connectivity index (χ1n) is 10.1. The van der Waals surface area contributed by atoms with E-state index in [1.54, 1.807) is 0 Å². The molecule has 0 saturated carbocycles. The zero-order valence-corrected chi connectivity index (χ0v) is 16.4. The number of carbonyl (C=O) groups excluding carboxylic acids is 2. The lowest BCUT2D eigenvalue weighted by molar-refractivity contribution is -0.116. The maximum absolute atomic E-state index is 13.0. The number of benzene rings is 2. The molecule has 150 valence electrons. The van der Waals surface area contributed by atoms with Gasteiger partial charge < -0.3 is 15.4 Å². The molecule has 5 heteroatoms. The van der Waals surface area contributed by atoms with E-state index in [0.29, 0.717) is 12.1 Å². The second-order valence-electron chi connectivity index (χ2n) is 7.88. The van der Waals surface area contributed by atoms with Crippen LogP contribution in [0.5, 0.6) is 0 Å². The van der Waals surface area contributed by atoms with Gasteiger partial charge in [-0.3, -0.25) is 9.59 Å². The minimum Gasteiger partial charge on any atom is -0.381 e. The topological polar surface area (TPSA) is 67.4 Å². The molecule has 0 bridgehead atoms. The average molecular weight is 390 g/mol. The highest BCUT2D eigenvalue weighted by atomic mass is 16.5. The van der Waals surface area contributed by atoms with Gasteiger partial charge in [-0.25, -0.2) is 0 Å². The molecule has 1 fully saturated rings. The molecule has 0 aromatic heterocycles. The van der Waals surface area contributed by atoms with Crippen molar-refractivity contribution in [2.24, 2.45) is 5.41 Å². The molecule has 1 saturated heterocycles. The predicted octanol–water partition coefficient (Wildman–Crippen LogP) is 3.31. The van der Waals surface area contributed by atoms with E-state index >= 15 is 0 Å². The zero-order valence-electron chi connectivity index (χ0n) is 16.4. The van der Waals surface area contributed by atoms with E-state index < -0.39 is 0 Å². The highest BCUT2D eigenvalue weighted by Gasteiger charge is 2.47. The van der Waals surface area contributed by atoms with Crippen LogP contribution in [0.25, 0.3) is 0 Å². The second kappa shape index (κ2) is 8.21. The molecule has 29 heavy (non-hydrogen) atoms. The third-order valence-corrected chi connectivity index (χ3v) is 6.15. The summed E-state index contributed by atoms with van der Waals surface area (Å²) in [7, 11) is 0. The van der Waals surface area contributed by atoms with E-state index in [1.807, 2.05) is 30.3 Å². The van der Waals surface area contributed by atoms with Gasteiger partial charge in [0.1, 0.15) is 0 Å². The molecule has 1 spiro atoms. The molecule has 2 aromatic carbocycles. The molecular formula is C24H26N2O3. The Bertz CT molecular complexity index is 914. The molecule has 1 heterocycles. The van der Waals surface area contributed by atoms with Crippen LogP contribution >= 0.6 is 0 Å². The van der Waals surface area contributed by atoms with Gasteiger partial charge in [0.05, 0.1) is 6.04 Å². The Morgan fingerprint density at radius 1 is 1.10 bits per heavy atom. The highest BCUT2D eigenvalue weighted by molar-refractivity contribution is 5.94. The Hall–Kier alpha value is -2.92. The van der Waals surface area contributed by atoms with Crippen molar-refractivity contribution >= 4 is 11.8 Å². The fraction of sp³-hybridized carbons (Fsp3) is 0.333. The van der Waals surface area contributed by atoms with Crippen molar-refractivity contribution in [2.45, 2.75) is 31.8 Å². The molecule has 5 nitrogen and oxygen atoms in total. The first-order chi connectivity index (χ1) is 14.1. The number of nitrogens with one attached hydrogen (secondary N) is 2. The van der Waals surface area contributed by atoms with E-state index in [-0.39, 0.29) is 23.3 Å². The minimum atomic E-state index is -0.214. The Kier molecular flexibility index (Phi) is 5.49. The van der Waals surface area contributed by atoms with Gasteiger partial charge in [0.15, 0.2) is 0 Å². The van der Waals surface area contributed by atoms with Gasteiger partial charge >= 0.3 is 0 Å². The summed E-state index contributed by atoms with van der Waals surface area (Å²) in [5.74, 6) is -0.285. The van der Waals surface area contributed by atoms with Crippen molar-refractivity contribution in [3.8, 4) is 0 Å². The van der Waals surface area contributed by atoms with E-state index in [0.717, 1.165) is 38.0 Å². The van der Waals surface area contributed by atoms with Crippen LogP contribution in [0, 0.1) is 5.41 Å². The minimum absolute atomic E-state index is 0.00153. The summed E-state index contributed by atoms with van der Waals surface area (Å²) in [5, 5.41) is 6.05. The maximum atomic E-state index is 13.0. The van der Waals surface area contributed by atoms with Gasteiger partial charge in [-0.2, -0.15) is 0 Å². The molecule has 2 aliphatic rings. The van der Waals surface area contributed by atoms with Gasteiger partial charge in [0.2, 0.25) is 5.91 Å². The third kappa shape index (κ3) is 3.96. The molecule has 0 radical (unpaired) electrons. The van der Waals surface area contributed by atoms with Crippen LogP contribution in [-0.4, -0.2) is 25.0 Å². The van der Waals surface area contributed by atoms with Crippen LogP contribution in [0.1, 0.15) is 45.9 Å². The fourth-order valence-corrected chi connectivity index (χ4v) is 4.51. The molecule has 1 atom stereocenters. The molecule has 4 rings (SSSR count). The van der Waals surface area contributed by atoms with Crippen molar-refractivity contribution in [3.05, 3.63) is 83.4 Å². The van der Waals surface area contributed by atoms with Gasteiger partial charge in [0.25, 0.3) is 5.91 Å². The third-order valence-electron chi connectivity index (χ3n) is 6.15. The fourth-order valence-electron chi connectivity index (χ4n) is 4.51. The molecule has 1 aliphatic carbocycles. The Morgan fingerprint density at radius 2 is 1.83 bits per heavy atom. The predicted molar refractivity (Wildman–Crippen MR) is 111 cm³/mol. The standard InChI is InChI=1S/C24H26N2O3/c1-2-21(27)25-16-17-7-9-18(10-8-17)23(28)26-22-20-6-4-3-5-19(20)15-24(22)11-13-29-14-12-24/h2-10,22H,1,11-16H2,(H,25,27)(H,26,28). The summed E-state index contributed by atoms with van der Waals surface area (Å²) in [4.78, 5) is 24.3. The lowest BCUT2D eigenvalue weighted by Crippen LogP contribution is -2.42. The number of fused-ring (bicyclic) bond motifs is 1. The largest absolute Gasteiger partial charge is 0.381 e. The molecule has 2 aromatic rings. The quantitative estimate of drug-likeness (QED) is 0.770. The van der Waals surface area contributed by atoms with Crippen molar-refractivity contribution in [2.75, 3.05) is 13.2 Å². The Labute approximate surface area is 171 Å². The first kappa shape index (κ1) is 19.4. The van der Waals surface area contributed by atoms with Crippen LogP contribution < -0.4 is 10.6 Å². The SMILES string of the molecule is C=CC(=O)NCc1ccc(C(=O)NC2c3ccccc3CC23CCOCC3)cc1. The van der Waals surface area contributed by atoms with Crippen molar-refractivity contribution < 1.29 is 14.3 Å². The second-order valence-corrected chi connectivity index (χ2v) is 7.88. The first-order valence-corrected chi connectivity index (χ1v) is 10.1.